The molecule has 1 unspecified atom stereocenters. The molecule has 0 aromatic rings. The van der Waals surface area contributed by atoms with E-state index < -0.39 is 9.84 Å². The Morgan fingerprint density at radius 2 is 1.76 bits per heavy atom. The van der Waals surface area contributed by atoms with Crippen molar-refractivity contribution in [3.8, 4) is 0 Å². The number of carbonyl (C=O) groups is 2. The minimum Gasteiger partial charge on any atom is -0.385 e. The van der Waals surface area contributed by atoms with Crippen LogP contribution in [0, 0.1) is 11.8 Å². The van der Waals surface area contributed by atoms with Gasteiger partial charge in [0.05, 0.1) is 11.5 Å². The average Bonchev–Trinajstić information content (AvgIpc) is 2.97. The molecule has 1 heterocycles. The number of hydrogen-bond acceptors (Lipinski definition) is 5. The van der Waals surface area contributed by atoms with Crippen LogP contribution in [0.15, 0.2) is 0 Å². The van der Waals surface area contributed by atoms with Gasteiger partial charge >= 0.3 is 0 Å². The number of carbonyl (C=O) groups excluding carboxylic acids is 2. The van der Waals surface area contributed by atoms with Crippen molar-refractivity contribution < 1.29 is 22.7 Å². The molecule has 0 aromatic heterocycles. The average molecular weight is 375 g/mol. The van der Waals surface area contributed by atoms with Gasteiger partial charge in [0.25, 0.3) is 0 Å². The van der Waals surface area contributed by atoms with Gasteiger partial charge in [0.15, 0.2) is 9.84 Å². The third-order valence-corrected chi connectivity index (χ3v) is 7.13. The first-order chi connectivity index (χ1) is 11.8. The van der Waals surface area contributed by atoms with Gasteiger partial charge in [-0.2, -0.15) is 0 Å². The standard InChI is InChI=1S/C17H30N2O5S/c1-19(15-8-11-25(22,23)12-15)17(21)14-6-4-13(5-7-14)16(20)18-9-3-10-24-2/h13-15H,3-12H2,1-2H3,(H,18,20). The van der Waals surface area contributed by atoms with E-state index in [2.05, 4.69) is 5.32 Å². The zero-order valence-electron chi connectivity index (χ0n) is 15.2. The summed E-state index contributed by atoms with van der Waals surface area (Å²) in [5, 5.41) is 2.93. The van der Waals surface area contributed by atoms with Crippen LogP contribution in [0.4, 0.5) is 0 Å². The van der Waals surface area contributed by atoms with Crippen LogP contribution in [0.3, 0.4) is 0 Å². The molecule has 1 saturated heterocycles. The summed E-state index contributed by atoms with van der Waals surface area (Å²) in [4.78, 5) is 26.4. The van der Waals surface area contributed by atoms with E-state index in [0.29, 0.717) is 45.3 Å². The molecule has 1 saturated carbocycles. The highest BCUT2D eigenvalue weighted by atomic mass is 32.2. The number of nitrogens with one attached hydrogen (secondary N) is 1. The van der Waals surface area contributed by atoms with Crippen molar-refractivity contribution in [2.24, 2.45) is 11.8 Å². The first-order valence-electron chi connectivity index (χ1n) is 9.08. The first-order valence-corrected chi connectivity index (χ1v) is 10.9. The Balaban J connectivity index is 1.75. The monoisotopic (exact) mass is 374 g/mol. The third kappa shape index (κ3) is 5.67. The van der Waals surface area contributed by atoms with Gasteiger partial charge in [0, 0.05) is 45.2 Å². The highest BCUT2D eigenvalue weighted by Gasteiger charge is 2.37. The van der Waals surface area contributed by atoms with Crippen LogP contribution in [0.2, 0.25) is 0 Å². The molecule has 2 amide bonds. The summed E-state index contributed by atoms with van der Waals surface area (Å²) in [5.74, 6) is 0.229. The van der Waals surface area contributed by atoms with E-state index in [9.17, 15) is 18.0 Å². The van der Waals surface area contributed by atoms with E-state index in [-0.39, 0.29) is 41.2 Å². The van der Waals surface area contributed by atoms with E-state index >= 15 is 0 Å². The lowest BCUT2D eigenvalue weighted by Crippen LogP contribution is -2.43. The van der Waals surface area contributed by atoms with Crippen molar-refractivity contribution in [2.75, 3.05) is 38.8 Å². The van der Waals surface area contributed by atoms with E-state index in [4.69, 9.17) is 4.74 Å². The fraction of sp³-hybridized carbons (Fsp3) is 0.882. The second-order valence-corrected chi connectivity index (χ2v) is 9.42. The van der Waals surface area contributed by atoms with Gasteiger partial charge in [-0.3, -0.25) is 9.59 Å². The minimum atomic E-state index is -2.99. The second kappa shape index (κ2) is 8.98. The van der Waals surface area contributed by atoms with Crippen molar-refractivity contribution in [3.63, 3.8) is 0 Å². The zero-order valence-corrected chi connectivity index (χ0v) is 16.0. The summed E-state index contributed by atoms with van der Waals surface area (Å²) in [6.07, 6.45) is 4.14. The number of amides is 2. The Bertz CT molecular complexity index is 570. The largest absolute Gasteiger partial charge is 0.385 e. The highest BCUT2D eigenvalue weighted by molar-refractivity contribution is 7.91. The molecular weight excluding hydrogens is 344 g/mol. The summed E-state index contributed by atoms with van der Waals surface area (Å²) in [5.41, 5.74) is 0. The number of sulfone groups is 1. The van der Waals surface area contributed by atoms with Crippen molar-refractivity contribution in [1.29, 1.82) is 0 Å². The molecule has 8 heteroatoms. The SMILES string of the molecule is COCCCNC(=O)C1CCC(C(=O)N(C)C2CCS(=O)(=O)C2)CC1. The Labute approximate surface area is 150 Å². The van der Waals surface area contributed by atoms with Crippen LogP contribution in [-0.2, 0) is 24.2 Å². The van der Waals surface area contributed by atoms with Crippen LogP contribution in [0.25, 0.3) is 0 Å². The summed E-state index contributed by atoms with van der Waals surface area (Å²) in [7, 11) is 0.354. The molecule has 144 valence electrons. The summed E-state index contributed by atoms with van der Waals surface area (Å²) in [6.45, 7) is 1.25. The van der Waals surface area contributed by atoms with Gasteiger partial charge in [-0.15, -0.1) is 0 Å². The quantitative estimate of drug-likeness (QED) is 0.659. The number of nitrogens with zero attached hydrogens (tertiary/aromatic N) is 1. The molecule has 25 heavy (non-hydrogen) atoms. The summed E-state index contributed by atoms with van der Waals surface area (Å²) in [6, 6.07) is -0.195. The molecular formula is C17H30N2O5S. The number of ether oxygens (including phenoxy) is 1. The molecule has 0 bridgehead atoms. The van der Waals surface area contributed by atoms with E-state index in [1.165, 1.54) is 0 Å². The summed E-state index contributed by atoms with van der Waals surface area (Å²) >= 11 is 0. The lowest BCUT2D eigenvalue weighted by atomic mass is 9.80. The molecule has 2 fully saturated rings. The fourth-order valence-corrected chi connectivity index (χ4v) is 5.50. The second-order valence-electron chi connectivity index (χ2n) is 7.19. The van der Waals surface area contributed by atoms with Crippen molar-refractivity contribution in [3.05, 3.63) is 0 Å². The number of rotatable bonds is 7. The zero-order chi connectivity index (χ0) is 18.4. The predicted octanol–water partition coefficient (Wildman–Crippen LogP) is 0.591. The molecule has 7 nitrogen and oxygen atoms in total. The van der Waals surface area contributed by atoms with Gasteiger partial charge in [0.1, 0.15) is 0 Å². The number of hydrogen-bond donors (Lipinski definition) is 1. The van der Waals surface area contributed by atoms with Crippen molar-refractivity contribution >= 4 is 21.7 Å². The molecule has 1 aliphatic carbocycles. The molecule has 2 rings (SSSR count). The molecule has 1 N–H and O–H groups in total. The Morgan fingerprint density at radius 1 is 1.12 bits per heavy atom. The van der Waals surface area contributed by atoms with Gasteiger partial charge in [-0.25, -0.2) is 8.42 Å². The topological polar surface area (TPSA) is 92.8 Å². The molecule has 2 aliphatic rings. The maximum absolute atomic E-state index is 12.6. The lowest BCUT2D eigenvalue weighted by molar-refractivity contribution is -0.138. The van der Waals surface area contributed by atoms with Gasteiger partial charge in [0.2, 0.25) is 11.8 Å². The Kier molecular flexibility index (Phi) is 7.25. The van der Waals surface area contributed by atoms with Crippen LogP contribution in [0.1, 0.15) is 38.5 Å². The van der Waals surface area contributed by atoms with E-state index in [1.54, 1.807) is 19.1 Å². The molecule has 1 aliphatic heterocycles. The van der Waals surface area contributed by atoms with Gasteiger partial charge in [-0.05, 0) is 38.5 Å². The van der Waals surface area contributed by atoms with Crippen LogP contribution >= 0.6 is 0 Å². The van der Waals surface area contributed by atoms with E-state index in [0.717, 1.165) is 6.42 Å². The van der Waals surface area contributed by atoms with Gasteiger partial charge < -0.3 is 15.0 Å². The Hall–Kier alpha value is -1.15. The Morgan fingerprint density at radius 3 is 2.32 bits per heavy atom. The van der Waals surface area contributed by atoms with Crippen LogP contribution in [-0.4, -0.2) is 70.0 Å². The third-order valence-electron chi connectivity index (χ3n) is 5.38. The maximum Gasteiger partial charge on any atom is 0.225 e. The van der Waals surface area contributed by atoms with Crippen LogP contribution < -0.4 is 5.32 Å². The smallest absolute Gasteiger partial charge is 0.225 e. The predicted molar refractivity (Wildman–Crippen MR) is 94.8 cm³/mol. The van der Waals surface area contributed by atoms with E-state index in [1.807, 2.05) is 0 Å². The van der Waals surface area contributed by atoms with Crippen LogP contribution in [0.5, 0.6) is 0 Å². The maximum atomic E-state index is 12.6. The van der Waals surface area contributed by atoms with Gasteiger partial charge in [-0.1, -0.05) is 0 Å². The highest BCUT2D eigenvalue weighted by Crippen LogP contribution is 2.31. The minimum absolute atomic E-state index is 0.0243. The fourth-order valence-electron chi connectivity index (χ4n) is 3.72. The number of methoxy groups -OCH3 is 1. The normalized spacial score (nSPS) is 28.5. The summed E-state index contributed by atoms with van der Waals surface area (Å²) < 4.78 is 28.2. The first kappa shape index (κ1) is 20.2. The van der Waals surface area contributed by atoms with Crippen molar-refractivity contribution in [2.45, 2.75) is 44.6 Å². The molecule has 0 aromatic carbocycles. The molecule has 0 radical (unpaired) electrons. The molecule has 1 atom stereocenters. The molecule has 0 spiro atoms. The lowest BCUT2D eigenvalue weighted by Gasteiger charge is -2.32. The van der Waals surface area contributed by atoms with Crippen molar-refractivity contribution in [1.82, 2.24) is 10.2 Å².